The average Bonchev–Trinajstić information content (AvgIpc) is 2.64. The van der Waals surface area contributed by atoms with Crippen LogP contribution in [0, 0.1) is 10.1 Å². The molecule has 0 aliphatic carbocycles. The minimum absolute atomic E-state index is 0.0258. The van der Waals surface area contributed by atoms with Crippen LogP contribution in [0.25, 0.3) is 0 Å². The molecular weight excluding hydrogens is 322 g/mol. The minimum atomic E-state index is -0.600. The van der Waals surface area contributed by atoms with Crippen LogP contribution in [0.2, 0.25) is 0 Å². The third kappa shape index (κ3) is 3.21. The summed E-state index contributed by atoms with van der Waals surface area (Å²) >= 11 is 0. The lowest BCUT2D eigenvalue weighted by atomic mass is 10.1. The van der Waals surface area contributed by atoms with Crippen LogP contribution in [0.1, 0.15) is 17.3 Å². The lowest BCUT2D eigenvalue weighted by Crippen LogP contribution is -2.57. The third-order valence-electron chi connectivity index (χ3n) is 4.31. The van der Waals surface area contributed by atoms with Crippen molar-refractivity contribution in [2.75, 3.05) is 18.0 Å². The molecule has 0 N–H and O–H groups in total. The fourth-order valence-electron chi connectivity index (χ4n) is 2.91. The van der Waals surface area contributed by atoms with Crippen molar-refractivity contribution in [3.05, 3.63) is 70.3 Å². The Hall–Kier alpha value is -3.22. The van der Waals surface area contributed by atoms with Crippen LogP contribution in [-0.2, 0) is 4.79 Å². The number of benzene rings is 2. The molecule has 7 heteroatoms. The molecule has 0 saturated carbocycles. The van der Waals surface area contributed by atoms with Crippen LogP contribution in [0.4, 0.5) is 11.4 Å². The van der Waals surface area contributed by atoms with E-state index in [1.807, 2.05) is 6.07 Å². The standard InChI is InChI=1S/C18H17N3O4/c1-13-17(22)20(15-7-9-16(10-8-15)21(24)25)12-11-19(13)18(23)14-5-3-2-4-6-14/h2-10,13H,11-12H2,1H3/t13-/m0/s1. The van der Waals surface area contributed by atoms with Crippen molar-refractivity contribution in [2.45, 2.75) is 13.0 Å². The zero-order chi connectivity index (χ0) is 18.0. The summed E-state index contributed by atoms with van der Waals surface area (Å²) in [5, 5.41) is 10.7. The molecule has 2 aromatic carbocycles. The zero-order valence-corrected chi connectivity index (χ0v) is 13.7. The zero-order valence-electron chi connectivity index (χ0n) is 13.7. The van der Waals surface area contributed by atoms with Crippen LogP contribution in [0.15, 0.2) is 54.6 Å². The second-order valence-corrected chi connectivity index (χ2v) is 5.80. The van der Waals surface area contributed by atoms with Gasteiger partial charge in [0.2, 0.25) is 5.91 Å². The molecule has 0 aromatic heterocycles. The van der Waals surface area contributed by atoms with Gasteiger partial charge in [-0.05, 0) is 31.2 Å². The maximum Gasteiger partial charge on any atom is 0.269 e. The van der Waals surface area contributed by atoms with Gasteiger partial charge in [-0.15, -0.1) is 0 Å². The van der Waals surface area contributed by atoms with Crippen LogP contribution in [0.3, 0.4) is 0 Å². The molecule has 0 spiro atoms. The largest absolute Gasteiger partial charge is 0.325 e. The number of hydrogen-bond donors (Lipinski definition) is 0. The van der Waals surface area contributed by atoms with E-state index in [4.69, 9.17) is 0 Å². The highest BCUT2D eigenvalue weighted by Crippen LogP contribution is 2.24. The number of amides is 2. The first kappa shape index (κ1) is 16.6. The molecule has 2 amide bonds. The second-order valence-electron chi connectivity index (χ2n) is 5.80. The van der Waals surface area contributed by atoms with E-state index in [0.29, 0.717) is 24.3 Å². The Morgan fingerprint density at radius 3 is 2.32 bits per heavy atom. The minimum Gasteiger partial charge on any atom is -0.325 e. The van der Waals surface area contributed by atoms with E-state index < -0.39 is 11.0 Å². The van der Waals surface area contributed by atoms with Crippen LogP contribution in [-0.4, -0.2) is 40.8 Å². The number of rotatable bonds is 3. The van der Waals surface area contributed by atoms with Gasteiger partial charge >= 0.3 is 0 Å². The smallest absolute Gasteiger partial charge is 0.269 e. The van der Waals surface area contributed by atoms with Gasteiger partial charge in [0.1, 0.15) is 6.04 Å². The summed E-state index contributed by atoms with van der Waals surface area (Å²) in [7, 11) is 0. The first-order chi connectivity index (χ1) is 12.0. The van der Waals surface area contributed by atoms with Crippen molar-refractivity contribution in [1.82, 2.24) is 4.90 Å². The third-order valence-corrected chi connectivity index (χ3v) is 4.31. The number of carbonyl (C=O) groups is 2. The van der Waals surface area contributed by atoms with E-state index in [0.717, 1.165) is 0 Å². The van der Waals surface area contributed by atoms with E-state index in [2.05, 4.69) is 0 Å². The predicted molar refractivity (Wildman–Crippen MR) is 92.4 cm³/mol. The van der Waals surface area contributed by atoms with Crippen LogP contribution >= 0.6 is 0 Å². The fourth-order valence-corrected chi connectivity index (χ4v) is 2.91. The van der Waals surface area contributed by atoms with Gasteiger partial charge in [-0.25, -0.2) is 0 Å². The van der Waals surface area contributed by atoms with Crippen molar-refractivity contribution >= 4 is 23.2 Å². The molecule has 1 heterocycles. The first-order valence-corrected chi connectivity index (χ1v) is 7.91. The Bertz CT molecular complexity index is 805. The topological polar surface area (TPSA) is 83.8 Å². The molecule has 1 fully saturated rings. The Kier molecular flexibility index (Phi) is 4.47. The number of non-ortho nitro benzene ring substituents is 1. The fraction of sp³-hybridized carbons (Fsp3) is 0.222. The van der Waals surface area contributed by atoms with Gasteiger partial charge in [0.15, 0.2) is 0 Å². The average molecular weight is 339 g/mol. The van der Waals surface area contributed by atoms with Crippen LogP contribution < -0.4 is 4.90 Å². The van der Waals surface area contributed by atoms with Gasteiger partial charge in [0, 0.05) is 36.5 Å². The molecule has 25 heavy (non-hydrogen) atoms. The molecular formula is C18H17N3O4. The van der Waals surface area contributed by atoms with Gasteiger partial charge in [0.05, 0.1) is 4.92 Å². The Balaban J connectivity index is 1.77. The molecule has 0 bridgehead atoms. The molecule has 3 rings (SSSR count). The summed E-state index contributed by atoms with van der Waals surface area (Å²) in [5.74, 6) is -0.380. The number of nitro benzene ring substituents is 1. The Morgan fingerprint density at radius 2 is 1.72 bits per heavy atom. The van der Waals surface area contributed by atoms with Crippen molar-refractivity contribution in [2.24, 2.45) is 0 Å². The number of anilines is 1. The molecule has 0 radical (unpaired) electrons. The van der Waals surface area contributed by atoms with Crippen molar-refractivity contribution in [3.63, 3.8) is 0 Å². The molecule has 7 nitrogen and oxygen atoms in total. The summed E-state index contributed by atoms with van der Waals surface area (Å²) in [6.45, 7) is 2.44. The number of piperazine rings is 1. The Labute approximate surface area is 144 Å². The maximum atomic E-state index is 12.7. The number of carbonyl (C=O) groups excluding carboxylic acids is 2. The van der Waals surface area contributed by atoms with E-state index in [1.54, 1.807) is 53.1 Å². The van der Waals surface area contributed by atoms with E-state index in [1.165, 1.54) is 12.1 Å². The van der Waals surface area contributed by atoms with Gasteiger partial charge in [-0.1, -0.05) is 18.2 Å². The SMILES string of the molecule is C[C@H]1C(=O)N(c2ccc([N+](=O)[O-])cc2)CCN1C(=O)c1ccccc1. The van der Waals surface area contributed by atoms with Gasteiger partial charge < -0.3 is 9.80 Å². The summed E-state index contributed by atoms with van der Waals surface area (Å²) < 4.78 is 0. The van der Waals surface area contributed by atoms with E-state index >= 15 is 0 Å². The number of nitrogens with zero attached hydrogens (tertiary/aromatic N) is 3. The molecule has 1 aliphatic heterocycles. The van der Waals surface area contributed by atoms with Gasteiger partial charge in [-0.2, -0.15) is 0 Å². The lowest BCUT2D eigenvalue weighted by Gasteiger charge is -2.39. The molecule has 1 saturated heterocycles. The molecule has 1 atom stereocenters. The molecule has 128 valence electrons. The van der Waals surface area contributed by atoms with Crippen molar-refractivity contribution < 1.29 is 14.5 Å². The highest BCUT2D eigenvalue weighted by Gasteiger charge is 2.35. The monoisotopic (exact) mass is 339 g/mol. The Morgan fingerprint density at radius 1 is 1.08 bits per heavy atom. The summed E-state index contributed by atoms with van der Waals surface area (Å²) in [6.07, 6.45) is 0. The predicted octanol–water partition coefficient (Wildman–Crippen LogP) is 2.47. The second kappa shape index (κ2) is 6.72. The highest BCUT2D eigenvalue weighted by molar-refractivity contribution is 6.03. The van der Waals surface area contributed by atoms with E-state index in [9.17, 15) is 19.7 Å². The maximum absolute atomic E-state index is 12.7. The first-order valence-electron chi connectivity index (χ1n) is 7.91. The summed E-state index contributed by atoms with van der Waals surface area (Å²) in [6, 6.07) is 14.1. The number of hydrogen-bond acceptors (Lipinski definition) is 4. The van der Waals surface area contributed by atoms with Crippen molar-refractivity contribution in [3.8, 4) is 0 Å². The molecule has 2 aromatic rings. The highest BCUT2D eigenvalue weighted by atomic mass is 16.6. The van der Waals surface area contributed by atoms with E-state index in [-0.39, 0.29) is 17.5 Å². The van der Waals surface area contributed by atoms with Gasteiger partial charge in [0.25, 0.3) is 11.6 Å². The summed E-state index contributed by atoms with van der Waals surface area (Å²) in [4.78, 5) is 38.7. The number of nitro groups is 1. The molecule has 1 aliphatic rings. The quantitative estimate of drug-likeness (QED) is 0.635. The normalized spacial score (nSPS) is 17.5. The lowest BCUT2D eigenvalue weighted by molar-refractivity contribution is -0.384. The summed E-state index contributed by atoms with van der Waals surface area (Å²) in [5.41, 5.74) is 1.11. The van der Waals surface area contributed by atoms with Crippen molar-refractivity contribution in [1.29, 1.82) is 0 Å². The van der Waals surface area contributed by atoms with Crippen LogP contribution in [0.5, 0.6) is 0 Å². The van der Waals surface area contributed by atoms with Gasteiger partial charge in [-0.3, -0.25) is 19.7 Å². The molecule has 0 unspecified atom stereocenters.